The maximum absolute atomic E-state index is 10.7. The first-order valence-electron chi connectivity index (χ1n) is 4.13. The molecule has 1 heterocycles. The van der Waals surface area contributed by atoms with Gasteiger partial charge in [-0.15, -0.1) is 0 Å². The van der Waals surface area contributed by atoms with Crippen LogP contribution < -0.4 is 10.1 Å². The third-order valence-electron chi connectivity index (χ3n) is 1.66. The van der Waals surface area contributed by atoms with E-state index in [9.17, 15) is 9.59 Å². The van der Waals surface area contributed by atoms with Gasteiger partial charge in [0.2, 0.25) is 5.88 Å². The molecule has 0 atom stereocenters. The average Bonchev–Trinajstić information content (AvgIpc) is 2.26. The Bertz CT molecular complexity index is 378. The van der Waals surface area contributed by atoms with E-state index in [0.29, 0.717) is 5.88 Å². The highest BCUT2D eigenvalue weighted by molar-refractivity contribution is 6.31. The van der Waals surface area contributed by atoms with Crippen molar-refractivity contribution in [2.75, 3.05) is 7.11 Å². The molecule has 1 rings (SSSR count). The number of carbonyl (C=O) groups excluding carboxylic acids is 1. The number of carbonyl (C=O) groups is 2. The number of nitrogens with one attached hydrogen (secondary N) is 1. The van der Waals surface area contributed by atoms with Crippen LogP contribution in [0.5, 0.6) is 5.88 Å². The number of hydrogen-bond acceptors (Lipinski definition) is 4. The van der Waals surface area contributed by atoms with Gasteiger partial charge >= 0.3 is 11.9 Å². The molecule has 0 fully saturated rings. The zero-order valence-electron chi connectivity index (χ0n) is 8.06. The van der Waals surface area contributed by atoms with Crippen LogP contribution >= 0.6 is 0 Å². The van der Waals surface area contributed by atoms with Crippen molar-refractivity contribution in [3.63, 3.8) is 0 Å². The van der Waals surface area contributed by atoms with Gasteiger partial charge in [-0.05, 0) is 11.6 Å². The van der Waals surface area contributed by atoms with E-state index in [0.717, 1.165) is 5.56 Å². The molecule has 6 nitrogen and oxygen atoms in total. The second-order valence-electron chi connectivity index (χ2n) is 2.69. The minimum Gasteiger partial charge on any atom is -0.481 e. The minimum absolute atomic E-state index is 0.129. The molecule has 0 saturated carbocycles. The number of nitrogens with zero attached hydrogens (tertiary/aromatic N) is 1. The Hall–Kier alpha value is -2.11. The lowest BCUT2D eigenvalue weighted by Gasteiger charge is -2.03. The molecular weight excluding hydrogens is 200 g/mol. The topological polar surface area (TPSA) is 88.5 Å². The summed E-state index contributed by atoms with van der Waals surface area (Å²) in [5.74, 6) is -2.13. The number of carboxylic acids is 1. The number of methoxy groups -OCH3 is 1. The van der Waals surface area contributed by atoms with Crippen LogP contribution in [-0.4, -0.2) is 29.1 Å². The number of aliphatic carboxylic acids is 1. The highest BCUT2D eigenvalue weighted by atomic mass is 16.5. The van der Waals surface area contributed by atoms with Crippen LogP contribution in [0.3, 0.4) is 0 Å². The molecule has 0 aliphatic carbocycles. The molecule has 0 spiro atoms. The molecule has 15 heavy (non-hydrogen) atoms. The summed E-state index contributed by atoms with van der Waals surface area (Å²) in [6, 6.07) is 3.27. The number of carboxylic acid groups (broad SMARTS) is 1. The average molecular weight is 210 g/mol. The van der Waals surface area contributed by atoms with E-state index in [1.807, 2.05) is 0 Å². The van der Waals surface area contributed by atoms with Gasteiger partial charge in [0.1, 0.15) is 0 Å². The molecule has 0 aliphatic heterocycles. The van der Waals surface area contributed by atoms with Gasteiger partial charge in [0, 0.05) is 18.8 Å². The SMILES string of the molecule is COc1cc(CNC(=O)C(=O)O)ccn1. The summed E-state index contributed by atoms with van der Waals surface area (Å²) in [6.07, 6.45) is 1.51. The largest absolute Gasteiger partial charge is 0.481 e. The number of rotatable bonds is 3. The maximum Gasteiger partial charge on any atom is 0.394 e. The van der Waals surface area contributed by atoms with Crippen molar-refractivity contribution in [1.82, 2.24) is 10.3 Å². The summed E-state index contributed by atoms with van der Waals surface area (Å²) in [6.45, 7) is 0.129. The van der Waals surface area contributed by atoms with Crippen molar-refractivity contribution >= 4 is 11.9 Å². The predicted octanol–water partition coefficient (Wildman–Crippen LogP) is -0.209. The molecule has 2 N–H and O–H groups in total. The molecular formula is C9H10N2O4. The van der Waals surface area contributed by atoms with E-state index >= 15 is 0 Å². The van der Waals surface area contributed by atoms with E-state index in [2.05, 4.69) is 10.3 Å². The van der Waals surface area contributed by atoms with Crippen molar-refractivity contribution < 1.29 is 19.4 Å². The predicted molar refractivity (Wildman–Crippen MR) is 50.3 cm³/mol. The normalized spacial score (nSPS) is 9.40. The van der Waals surface area contributed by atoms with Crippen molar-refractivity contribution in [1.29, 1.82) is 0 Å². The fourth-order valence-electron chi connectivity index (χ4n) is 0.930. The highest BCUT2D eigenvalue weighted by Crippen LogP contribution is 2.07. The number of pyridine rings is 1. The first-order valence-corrected chi connectivity index (χ1v) is 4.13. The van der Waals surface area contributed by atoms with Crippen molar-refractivity contribution in [3.8, 4) is 5.88 Å². The fraction of sp³-hybridized carbons (Fsp3) is 0.222. The van der Waals surface area contributed by atoms with Gasteiger partial charge in [0.15, 0.2) is 0 Å². The van der Waals surface area contributed by atoms with E-state index < -0.39 is 11.9 Å². The molecule has 0 aromatic carbocycles. The minimum atomic E-state index is -1.50. The number of hydrogen-bond donors (Lipinski definition) is 2. The smallest absolute Gasteiger partial charge is 0.394 e. The lowest BCUT2D eigenvalue weighted by molar-refractivity contribution is -0.150. The molecule has 0 radical (unpaired) electrons. The van der Waals surface area contributed by atoms with Crippen LogP contribution in [-0.2, 0) is 16.1 Å². The Balaban J connectivity index is 2.57. The number of ether oxygens (including phenoxy) is 1. The van der Waals surface area contributed by atoms with Crippen LogP contribution in [0, 0.1) is 0 Å². The molecule has 0 unspecified atom stereocenters. The van der Waals surface area contributed by atoms with Crippen LogP contribution in [0.25, 0.3) is 0 Å². The number of aromatic nitrogens is 1. The first-order chi connectivity index (χ1) is 7.13. The monoisotopic (exact) mass is 210 g/mol. The molecule has 0 aliphatic rings. The summed E-state index contributed by atoms with van der Waals surface area (Å²) in [5.41, 5.74) is 0.719. The second-order valence-corrected chi connectivity index (χ2v) is 2.69. The molecule has 1 aromatic rings. The molecule has 6 heteroatoms. The summed E-state index contributed by atoms with van der Waals surface area (Å²) in [7, 11) is 1.47. The highest BCUT2D eigenvalue weighted by Gasteiger charge is 2.09. The van der Waals surface area contributed by atoms with E-state index in [-0.39, 0.29) is 6.54 Å². The summed E-state index contributed by atoms with van der Waals surface area (Å²) >= 11 is 0. The lowest BCUT2D eigenvalue weighted by atomic mass is 10.2. The Morgan fingerprint density at radius 3 is 2.93 bits per heavy atom. The van der Waals surface area contributed by atoms with Crippen LogP contribution in [0.1, 0.15) is 5.56 Å². The third kappa shape index (κ3) is 3.26. The van der Waals surface area contributed by atoms with E-state index in [4.69, 9.17) is 9.84 Å². The van der Waals surface area contributed by atoms with Gasteiger partial charge in [-0.25, -0.2) is 9.78 Å². The summed E-state index contributed by atoms with van der Waals surface area (Å²) < 4.78 is 4.87. The fourth-order valence-corrected chi connectivity index (χ4v) is 0.930. The third-order valence-corrected chi connectivity index (χ3v) is 1.66. The van der Waals surface area contributed by atoms with Gasteiger partial charge in [0.25, 0.3) is 0 Å². The number of amides is 1. The van der Waals surface area contributed by atoms with E-state index in [1.54, 1.807) is 12.1 Å². The molecule has 1 aromatic heterocycles. The Labute approximate surface area is 85.9 Å². The first kappa shape index (κ1) is 11.0. The molecule has 1 amide bonds. The molecule has 80 valence electrons. The van der Waals surface area contributed by atoms with E-state index in [1.165, 1.54) is 13.3 Å². The summed E-state index contributed by atoms with van der Waals surface area (Å²) in [4.78, 5) is 24.8. The maximum atomic E-state index is 10.7. The van der Waals surface area contributed by atoms with Crippen molar-refractivity contribution in [2.45, 2.75) is 6.54 Å². The Morgan fingerprint density at radius 2 is 2.33 bits per heavy atom. The van der Waals surface area contributed by atoms with Gasteiger partial charge in [-0.1, -0.05) is 0 Å². The molecule has 0 saturated heterocycles. The van der Waals surface area contributed by atoms with Crippen LogP contribution in [0.15, 0.2) is 18.3 Å². The Kier molecular flexibility index (Phi) is 3.61. The Morgan fingerprint density at radius 1 is 1.60 bits per heavy atom. The van der Waals surface area contributed by atoms with Crippen molar-refractivity contribution in [3.05, 3.63) is 23.9 Å². The van der Waals surface area contributed by atoms with Gasteiger partial charge in [-0.2, -0.15) is 0 Å². The zero-order chi connectivity index (χ0) is 11.3. The molecule has 0 bridgehead atoms. The standard InChI is InChI=1S/C9H10N2O4/c1-15-7-4-6(2-3-10-7)5-11-8(12)9(13)14/h2-4H,5H2,1H3,(H,11,12)(H,13,14). The van der Waals surface area contributed by atoms with Gasteiger partial charge in [-0.3, -0.25) is 4.79 Å². The zero-order valence-corrected chi connectivity index (χ0v) is 8.06. The van der Waals surface area contributed by atoms with Crippen LogP contribution in [0.4, 0.5) is 0 Å². The van der Waals surface area contributed by atoms with Gasteiger partial charge in [0.05, 0.1) is 7.11 Å². The van der Waals surface area contributed by atoms with Crippen LogP contribution in [0.2, 0.25) is 0 Å². The lowest BCUT2D eigenvalue weighted by Crippen LogP contribution is -2.30. The summed E-state index contributed by atoms with van der Waals surface area (Å²) in [5, 5.41) is 10.5. The van der Waals surface area contributed by atoms with Gasteiger partial charge < -0.3 is 15.2 Å². The quantitative estimate of drug-likeness (QED) is 0.674. The van der Waals surface area contributed by atoms with Crippen molar-refractivity contribution in [2.24, 2.45) is 0 Å². The second kappa shape index (κ2) is 4.94.